The van der Waals surface area contributed by atoms with E-state index in [1.54, 1.807) is 0 Å². The number of rotatable bonds is 10. The van der Waals surface area contributed by atoms with E-state index in [-0.39, 0.29) is 10.8 Å². The second-order valence-corrected chi connectivity index (χ2v) is 9.24. The summed E-state index contributed by atoms with van der Waals surface area (Å²) in [5.41, 5.74) is 0.347. The van der Waals surface area contributed by atoms with Gasteiger partial charge in [-0.2, -0.15) is 4.31 Å². The van der Waals surface area contributed by atoms with Crippen LogP contribution in [-0.2, 0) is 14.8 Å². The summed E-state index contributed by atoms with van der Waals surface area (Å²) in [5.74, 6) is -0.162. The molecular weight excluding hydrogens is 386 g/mol. The number of amides is 1. The van der Waals surface area contributed by atoms with E-state index in [1.165, 1.54) is 22.5 Å². The van der Waals surface area contributed by atoms with E-state index in [2.05, 4.69) is 24.1 Å². The van der Waals surface area contributed by atoms with Crippen molar-refractivity contribution < 1.29 is 13.2 Å². The topological polar surface area (TPSA) is 69.7 Å². The molecule has 1 saturated heterocycles. The zero-order chi connectivity index (χ0) is 19.9. The Bertz CT molecular complexity index is 728. The van der Waals surface area contributed by atoms with E-state index in [9.17, 15) is 13.2 Å². The zero-order valence-corrected chi connectivity index (χ0v) is 17.8. The number of benzene rings is 1. The summed E-state index contributed by atoms with van der Waals surface area (Å²) in [5, 5.41) is 3.11. The average molecular weight is 416 g/mol. The van der Waals surface area contributed by atoms with Crippen molar-refractivity contribution in [2.75, 3.05) is 38.0 Å². The van der Waals surface area contributed by atoms with E-state index in [0.717, 1.165) is 38.8 Å². The predicted octanol–water partition coefficient (Wildman–Crippen LogP) is 3.58. The summed E-state index contributed by atoms with van der Waals surface area (Å²) in [6.45, 7) is 7.92. The molecule has 1 aliphatic rings. The Kier molecular flexibility index (Phi) is 8.54. The predicted molar refractivity (Wildman–Crippen MR) is 110 cm³/mol. The zero-order valence-electron chi connectivity index (χ0n) is 16.2. The fourth-order valence-corrected chi connectivity index (χ4v) is 4.99. The Morgan fingerprint density at radius 2 is 1.78 bits per heavy atom. The molecule has 0 spiro atoms. The molecule has 0 atom stereocenters. The summed E-state index contributed by atoms with van der Waals surface area (Å²) in [7, 11) is -3.54. The van der Waals surface area contributed by atoms with E-state index in [1.807, 2.05) is 0 Å². The van der Waals surface area contributed by atoms with E-state index >= 15 is 0 Å². The van der Waals surface area contributed by atoms with Crippen LogP contribution in [0.2, 0.25) is 5.02 Å². The molecule has 0 aromatic heterocycles. The molecule has 1 aromatic rings. The van der Waals surface area contributed by atoms with Gasteiger partial charge < -0.3 is 10.2 Å². The van der Waals surface area contributed by atoms with Crippen molar-refractivity contribution >= 4 is 33.2 Å². The highest BCUT2D eigenvalue weighted by Crippen LogP contribution is 2.28. The molecule has 1 heterocycles. The maximum absolute atomic E-state index is 12.7. The Hall–Kier alpha value is -1.15. The van der Waals surface area contributed by atoms with Crippen molar-refractivity contribution in [3.8, 4) is 0 Å². The molecule has 0 unspecified atom stereocenters. The average Bonchev–Trinajstić information content (AvgIpc) is 3.17. The second kappa shape index (κ2) is 10.4. The van der Waals surface area contributed by atoms with Gasteiger partial charge in [-0.05, 0) is 57.0 Å². The van der Waals surface area contributed by atoms with Crippen LogP contribution < -0.4 is 5.32 Å². The standard InChI is InChI=1S/C19H30ClN3O3S/c1-3-10-22(11-4-2)14-9-19(24)21-18-15-16(7-8-17(18)20)27(25,26)23-12-5-6-13-23/h7-8,15H,3-6,9-14H2,1-2H3,(H,21,24). The first kappa shape index (κ1) is 22.1. The van der Waals surface area contributed by atoms with Gasteiger partial charge in [0.15, 0.2) is 0 Å². The number of carbonyl (C=O) groups excluding carboxylic acids is 1. The number of sulfonamides is 1. The van der Waals surface area contributed by atoms with Crippen molar-refractivity contribution in [2.45, 2.75) is 50.8 Å². The van der Waals surface area contributed by atoms with Crippen molar-refractivity contribution in [3.63, 3.8) is 0 Å². The van der Waals surface area contributed by atoms with E-state index in [0.29, 0.717) is 36.8 Å². The highest BCUT2D eigenvalue weighted by molar-refractivity contribution is 7.89. The normalized spacial score (nSPS) is 15.4. The number of hydrogen-bond donors (Lipinski definition) is 1. The van der Waals surface area contributed by atoms with Crippen LogP contribution in [0, 0.1) is 0 Å². The van der Waals surface area contributed by atoms with Crippen molar-refractivity contribution in [1.82, 2.24) is 9.21 Å². The van der Waals surface area contributed by atoms with Crippen LogP contribution in [0.25, 0.3) is 0 Å². The van der Waals surface area contributed by atoms with Crippen LogP contribution in [0.15, 0.2) is 23.1 Å². The fourth-order valence-electron chi connectivity index (χ4n) is 3.28. The van der Waals surface area contributed by atoms with Crippen LogP contribution in [0.4, 0.5) is 5.69 Å². The molecule has 1 aliphatic heterocycles. The minimum atomic E-state index is -3.54. The summed E-state index contributed by atoms with van der Waals surface area (Å²) in [4.78, 5) is 14.8. The number of carbonyl (C=O) groups is 1. The van der Waals surface area contributed by atoms with Crippen LogP contribution in [0.1, 0.15) is 46.0 Å². The quantitative estimate of drug-likeness (QED) is 0.634. The van der Waals surface area contributed by atoms with Crippen LogP contribution in [-0.4, -0.2) is 56.3 Å². The minimum Gasteiger partial charge on any atom is -0.325 e. The van der Waals surface area contributed by atoms with Crippen LogP contribution in [0.5, 0.6) is 0 Å². The SMILES string of the molecule is CCCN(CCC)CCC(=O)Nc1cc(S(=O)(=O)N2CCCC2)ccc1Cl. The van der Waals surface area contributed by atoms with Gasteiger partial charge in [0.25, 0.3) is 0 Å². The molecule has 8 heteroatoms. The number of nitrogens with zero attached hydrogens (tertiary/aromatic N) is 2. The number of anilines is 1. The van der Waals surface area contributed by atoms with Gasteiger partial charge in [0.2, 0.25) is 15.9 Å². The molecule has 2 rings (SSSR count). The summed E-state index contributed by atoms with van der Waals surface area (Å²) in [6.07, 6.45) is 4.19. The molecule has 0 radical (unpaired) electrons. The third-order valence-corrected chi connectivity index (χ3v) is 6.87. The molecule has 1 aromatic carbocycles. The first-order chi connectivity index (χ1) is 12.9. The third-order valence-electron chi connectivity index (χ3n) is 4.65. The molecule has 0 saturated carbocycles. The molecular formula is C19H30ClN3O3S. The number of halogens is 1. The van der Waals surface area contributed by atoms with E-state index in [4.69, 9.17) is 11.6 Å². The molecule has 0 aliphatic carbocycles. The van der Waals surface area contributed by atoms with E-state index < -0.39 is 10.0 Å². The molecule has 0 bridgehead atoms. The fraction of sp³-hybridized carbons (Fsp3) is 0.632. The largest absolute Gasteiger partial charge is 0.325 e. The monoisotopic (exact) mass is 415 g/mol. The van der Waals surface area contributed by atoms with Gasteiger partial charge in [-0.3, -0.25) is 4.79 Å². The Balaban J connectivity index is 2.04. The lowest BCUT2D eigenvalue weighted by Crippen LogP contribution is -2.29. The molecule has 152 valence electrons. The number of hydrogen-bond acceptors (Lipinski definition) is 4. The van der Waals surface area contributed by atoms with Gasteiger partial charge >= 0.3 is 0 Å². The highest BCUT2D eigenvalue weighted by Gasteiger charge is 2.27. The van der Waals surface area contributed by atoms with Crippen molar-refractivity contribution in [1.29, 1.82) is 0 Å². The first-order valence-corrected chi connectivity index (χ1v) is 11.5. The van der Waals surface area contributed by atoms with Gasteiger partial charge in [0.05, 0.1) is 15.6 Å². The smallest absolute Gasteiger partial charge is 0.243 e. The lowest BCUT2D eigenvalue weighted by Gasteiger charge is -2.20. The summed E-state index contributed by atoms with van der Waals surface area (Å²) in [6, 6.07) is 4.49. The molecule has 6 nitrogen and oxygen atoms in total. The van der Waals surface area contributed by atoms with Crippen LogP contribution >= 0.6 is 11.6 Å². The lowest BCUT2D eigenvalue weighted by atomic mass is 10.2. The van der Waals surface area contributed by atoms with Crippen molar-refractivity contribution in [2.24, 2.45) is 0 Å². The Labute approximate surface area is 167 Å². The Morgan fingerprint density at radius 1 is 1.15 bits per heavy atom. The van der Waals surface area contributed by atoms with Gasteiger partial charge in [-0.25, -0.2) is 8.42 Å². The molecule has 1 N–H and O–H groups in total. The molecule has 1 fully saturated rings. The second-order valence-electron chi connectivity index (χ2n) is 6.89. The lowest BCUT2D eigenvalue weighted by molar-refractivity contribution is -0.116. The molecule has 27 heavy (non-hydrogen) atoms. The third kappa shape index (κ3) is 6.17. The summed E-state index contributed by atoms with van der Waals surface area (Å²) >= 11 is 6.18. The van der Waals surface area contributed by atoms with Gasteiger partial charge in [0.1, 0.15) is 0 Å². The molecule has 1 amide bonds. The number of nitrogens with one attached hydrogen (secondary N) is 1. The first-order valence-electron chi connectivity index (χ1n) is 9.70. The van der Waals surface area contributed by atoms with Crippen molar-refractivity contribution in [3.05, 3.63) is 23.2 Å². The minimum absolute atomic E-state index is 0.162. The van der Waals surface area contributed by atoms with Gasteiger partial charge in [0, 0.05) is 26.1 Å². The summed E-state index contributed by atoms with van der Waals surface area (Å²) < 4.78 is 26.9. The van der Waals surface area contributed by atoms with Crippen LogP contribution in [0.3, 0.4) is 0 Å². The van der Waals surface area contributed by atoms with Gasteiger partial charge in [-0.15, -0.1) is 0 Å². The van der Waals surface area contributed by atoms with Gasteiger partial charge in [-0.1, -0.05) is 25.4 Å². The maximum atomic E-state index is 12.7. The highest BCUT2D eigenvalue weighted by atomic mass is 35.5. The maximum Gasteiger partial charge on any atom is 0.243 e. The Morgan fingerprint density at radius 3 is 2.37 bits per heavy atom.